The molecule has 1 saturated heterocycles. The molecule has 122 valence electrons. The zero-order valence-corrected chi connectivity index (χ0v) is 12.9. The topological polar surface area (TPSA) is 65.1 Å². The van der Waals surface area contributed by atoms with Gasteiger partial charge in [0.1, 0.15) is 25.5 Å². The summed E-state index contributed by atoms with van der Waals surface area (Å²) in [4.78, 5) is 26.5. The molecular formula is C17H19NO5. The van der Waals surface area contributed by atoms with E-state index in [-0.39, 0.29) is 17.7 Å². The molecule has 3 rings (SSSR count). The van der Waals surface area contributed by atoms with Crippen molar-refractivity contribution in [3.63, 3.8) is 0 Å². The van der Waals surface area contributed by atoms with Crippen LogP contribution >= 0.6 is 0 Å². The predicted octanol–water partition coefficient (Wildman–Crippen LogP) is 1.78. The number of carbonyl (C=O) groups is 2. The van der Waals surface area contributed by atoms with Gasteiger partial charge in [0.05, 0.1) is 13.2 Å². The van der Waals surface area contributed by atoms with E-state index in [0.717, 1.165) is 5.56 Å². The zero-order valence-electron chi connectivity index (χ0n) is 12.9. The van der Waals surface area contributed by atoms with Crippen molar-refractivity contribution in [1.29, 1.82) is 0 Å². The van der Waals surface area contributed by atoms with Crippen molar-refractivity contribution in [2.24, 2.45) is 0 Å². The van der Waals surface area contributed by atoms with Crippen LogP contribution in [0.3, 0.4) is 0 Å². The molecule has 0 saturated carbocycles. The van der Waals surface area contributed by atoms with Crippen LogP contribution in [0.4, 0.5) is 0 Å². The highest BCUT2D eigenvalue weighted by Gasteiger charge is 2.43. The number of nitrogens with zero attached hydrogens (tertiary/aromatic N) is 1. The molecule has 2 heterocycles. The van der Waals surface area contributed by atoms with E-state index in [9.17, 15) is 9.59 Å². The van der Waals surface area contributed by atoms with Crippen LogP contribution in [0.1, 0.15) is 24.4 Å². The third-order valence-electron chi connectivity index (χ3n) is 4.14. The van der Waals surface area contributed by atoms with E-state index in [1.165, 1.54) is 13.4 Å². The molecule has 2 aliphatic rings. The van der Waals surface area contributed by atoms with E-state index in [1.807, 2.05) is 30.3 Å². The number of rotatable bonds is 3. The van der Waals surface area contributed by atoms with Crippen molar-refractivity contribution < 1.29 is 23.8 Å². The maximum Gasteiger partial charge on any atom is 0.328 e. The predicted molar refractivity (Wildman–Crippen MR) is 81.1 cm³/mol. The number of ether oxygens (including phenoxy) is 3. The monoisotopic (exact) mass is 317 g/mol. The number of hydrogen-bond donors (Lipinski definition) is 0. The Morgan fingerprint density at radius 1 is 1.17 bits per heavy atom. The first-order valence-corrected chi connectivity index (χ1v) is 7.62. The van der Waals surface area contributed by atoms with Gasteiger partial charge in [0.15, 0.2) is 0 Å². The second-order valence-corrected chi connectivity index (χ2v) is 5.46. The summed E-state index contributed by atoms with van der Waals surface area (Å²) in [5.41, 5.74) is 0.990. The van der Waals surface area contributed by atoms with Gasteiger partial charge < -0.3 is 19.1 Å². The van der Waals surface area contributed by atoms with Gasteiger partial charge in [-0.25, -0.2) is 4.79 Å². The first-order valence-electron chi connectivity index (χ1n) is 7.62. The molecule has 0 unspecified atom stereocenters. The van der Waals surface area contributed by atoms with E-state index in [4.69, 9.17) is 14.2 Å². The van der Waals surface area contributed by atoms with Crippen molar-refractivity contribution in [1.82, 2.24) is 4.90 Å². The minimum atomic E-state index is -0.607. The van der Waals surface area contributed by atoms with Crippen LogP contribution < -0.4 is 0 Å². The summed E-state index contributed by atoms with van der Waals surface area (Å²) >= 11 is 0. The summed E-state index contributed by atoms with van der Waals surface area (Å²) < 4.78 is 15.4. The molecule has 1 fully saturated rings. The molecule has 23 heavy (non-hydrogen) atoms. The Hall–Kier alpha value is -2.50. The fraction of sp³-hybridized carbons (Fsp3) is 0.412. The highest BCUT2D eigenvalue weighted by Crippen LogP contribution is 2.37. The van der Waals surface area contributed by atoms with Crippen LogP contribution in [0.2, 0.25) is 0 Å². The van der Waals surface area contributed by atoms with Crippen molar-refractivity contribution in [2.75, 3.05) is 20.3 Å². The molecule has 2 atom stereocenters. The lowest BCUT2D eigenvalue weighted by molar-refractivity contribution is -0.152. The zero-order chi connectivity index (χ0) is 16.2. The first-order chi connectivity index (χ1) is 11.2. The summed E-state index contributed by atoms with van der Waals surface area (Å²) in [5, 5.41) is 0. The SMILES string of the molecule is COC(=O)[C@H]1CC[C@H](c2ccccc2)N1C(=O)C1=COCCO1. The molecular weight excluding hydrogens is 298 g/mol. The van der Waals surface area contributed by atoms with Gasteiger partial charge in [0.2, 0.25) is 5.76 Å². The lowest BCUT2D eigenvalue weighted by Crippen LogP contribution is -2.43. The summed E-state index contributed by atoms with van der Waals surface area (Å²) in [5.74, 6) is -0.617. The number of hydrogen-bond acceptors (Lipinski definition) is 5. The second-order valence-electron chi connectivity index (χ2n) is 5.46. The molecule has 0 radical (unpaired) electrons. The Balaban J connectivity index is 1.92. The van der Waals surface area contributed by atoms with Crippen LogP contribution in [-0.4, -0.2) is 43.1 Å². The lowest BCUT2D eigenvalue weighted by atomic mass is 10.0. The molecule has 0 spiro atoms. The van der Waals surface area contributed by atoms with Crippen molar-refractivity contribution in [2.45, 2.75) is 24.9 Å². The number of carbonyl (C=O) groups excluding carboxylic acids is 2. The minimum absolute atomic E-state index is 0.132. The number of likely N-dealkylation sites (tertiary alicyclic amines) is 1. The Labute approximate surface area is 134 Å². The smallest absolute Gasteiger partial charge is 0.328 e. The van der Waals surface area contributed by atoms with Crippen molar-refractivity contribution in [3.05, 3.63) is 47.9 Å². The van der Waals surface area contributed by atoms with Crippen LogP contribution in [0.15, 0.2) is 42.4 Å². The molecule has 0 N–H and O–H groups in total. The maximum absolute atomic E-state index is 12.9. The summed E-state index contributed by atoms with van der Waals surface area (Å²) in [6.45, 7) is 0.740. The van der Waals surface area contributed by atoms with E-state index >= 15 is 0 Å². The molecule has 2 aliphatic heterocycles. The van der Waals surface area contributed by atoms with Crippen LogP contribution in [0.5, 0.6) is 0 Å². The summed E-state index contributed by atoms with van der Waals surface area (Å²) in [6.07, 6.45) is 2.58. The highest BCUT2D eigenvalue weighted by molar-refractivity contribution is 5.95. The van der Waals surface area contributed by atoms with E-state index in [2.05, 4.69) is 0 Å². The van der Waals surface area contributed by atoms with Crippen molar-refractivity contribution in [3.8, 4) is 0 Å². The fourth-order valence-electron chi connectivity index (χ4n) is 3.07. The van der Waals surface area contributed by atoms with Gasteiger partial charge >= 0.3 is 5.97 Å². The largest absolute Gasteiger partial charge is 0.494 e. The van der Waals surface area contributed by atoms with Gasteiger partial charge in [0.25, 0.3) is 5.91 Å². The van der Waals surface area contributed by atoms with Gasteiger partial charge in [0, 0.05) is 0 Å². The minimum Gasteiger partial charge on any atom is -0.494 e. The molecule has 1 aromatic carbocycles. The molecule has 0 aliphatic carbocycles. The van der Waals surface area contributed by atoms with E-state index in [1.54, 1.807) is 4.90 Å². The van der Waals surface area contributed by atoms with Crippen LogP contribution in [-0.2, 0) is 23.8 Å². The highest BCUT2D eigenvalue weighted by atomic mass is 16.6. The number of amides is 1. The molecule has 6 heteroatoms. The third kappa shape index (κ3) is 3.02. The molecule has 1 aromatic rings. The lowest BCUT2D eigenvalue weighted by Gasteiger charge is -2.30. The van der Waals surface area contributed by atoms with E-state index in [0.29, 0.717) is 26.1 Å². The number of methoxy groups -OCH3 is 1. The van der Waals surface area contributed by atoms with Gasteiger partial charge in [-0.15, -0.1) is 0 Å². The first kappa shape index (κ1) is 15.4. The van der Waals surface area contributed by atoms with Crippen LogP contribution in [0, 0.1) is 0 Å². The third-order valence-corrected chi connectivity index (χ3v) is 4.14. The quantitative estimate of drug-likeness (QED) is 0.795. The van der Waals surface area contributed by atoms with E-state index < -0.39 is 12.0 Å². The average molecular weight is 317 g/mol. The van der Waals surface area contributed by atoms with Gasteiger partial charge in [-0.05, 0) is 18.4 Å². The van der Waals surface area contributed by atoms with Gasteiger partial charge in [-0.3, -0.25) is 4.79 Å². The van der Waals surface area contributed by atoms with Gasteiger partial charge in [-0.1, -0.05) is 30.3 Å². The Kier molecular flexibility index (Phi) is 4.50. The number of esters is 1. The second kappa shape index (κ2) is 6.73. The standard InChI is InChI=1S/C17H19NO5/c1-21-17(20)14-8-7-13(12-5-3-2-4-6-12)18(14)16(19)15-11-22-9-10-23-15/h2-6,11,13-14H,7-10H2,1H3/t13-,14-/m1/s1. The van der Waals surface area contributed by atoms with Gasteiger partial charge in [-0.2, -0.15) is 0 Å². The maximum atomic E-state index is 12.9. The molecule has 1 amide bonds. The summed E-state index contributed by atoms with van der Waals surface area (Å²) in [6, 6.07) is 8.88. The normalized spacial score (nSPS) is 23.5. The molecule has 6 nitrogen and oxygen atoms in total. The fourth-order valence-corrected chi connectivity index (χ4v) is 3.07. The Morgan fingerprint density at radius 3 is 2.61 bits per heavy atom. The average Bonchev–Trinajstić information content (AvgIpc) is 3.07. The van der Waals surface area contributed by atoms with Crippen LogP contribution in [0.25, 0.3) is 0 Å². The molecule has 0 bridgehead atoms. The molecule has 0 aromatic heterocycles. The summed E-state index contributed by atoms with van der Waals surface area (Å²) in [7, 11) is 1.33. The van der Waals surface area contributed by atoms with Crippen molar-refractivity contribution >= 4 is 11.9 Å². The Morgan fingerprint density at radius 2 is 1.96 bits per heavy atom. The Bertz CT molecular complexity index is 613. The number of benzene rings is 1.